The van der Waals surface area contributed by atoms with E-state index >= 15 is 0 Å². The molecule has 1 N–H and O–H groups in total. The second-order valence-corrected chi connectivity index (χ2v) is 7.89. The van der Waals surface area contributed by atoms with Crippen LogP contribution in [0.3, 0.4) is 0 Å². The molecule has 0 radical (unpaired) electrons. The number of anilines is 1. The van der Waals surface area contributed by atoms with Crippen molar-refractivity contribution in [3.05, 3.63) is 71.4 Å². The lowest BCUT2D eigenvalue weighted by Gasteiger charge is -2.12. The van der Waals surface area contributed by atoms with E-state index in [1.807, 2.05) is 41.0 Å². The summed E-state index contributed by atoms with van der Waals surface area (Å²) in [5.41, 5.74) is 5.01. The number of amides is 1. The lowest BCUT2D eigenvalue weighted by atomic mass is 10.1. The summed E-state index contributed by atoms with van der Waals surface area (Å²) >= 11 is 1.32. The third-order valence-corrected chi connectivity index (χ3v) is 5.57. The van der Waals surface area contributed by atoms with Crippen molar-refractivity contribution in [3.63, 3.8) is 0 Å². The molecule has 0 unspecified atom stereocenters. The average Bonchev–Trinajstić information content (AvgIpc) is 3.35. The minimum atomic E-state index is -0.202. The molecule has 1 amide bonds. The van der Waals surface area contributed by atoms with Gasteiger partial charge in [0.1, 0.15) is 0 Å². The number of hydrogen-bond acceptors (Lipinski definition) is 6. The molecule has 4 aromatic rings. The van der Waals surface area contributed by atoms with Gasteiger partial charge in [0.05, 0.1) is 17.1 Å². The minimum Gasteiger partial charge on any atom is -0.338 e. The molecular weight excluding hydrogens is 398 g/mol. The molecule has 0 saturated heterocycles. The molecule has 0 atom stereocenters. The maximum Gasteiger partial charge on any atom is 0.237 e. The van der Waals surface area contributed by atoms with E-state index in [4.69, 9.17) is 4.52 Å². The fourth-order valence-corrected chi connectivity index (χ4v) is 3.71. The van der Waals surface area contributed by atoms with Crippen LogP contribution in [0.5, 0.6) is 0 Å². The number of carbonyl (C=O) groups excluding carboxylic acids is 1. The van der Waals surface area contributed by atoms with Gasteiger partial charge in [0, 0.05) is 11.6 Å². The van der Waals surface area contributed by atoms with Gasteiger partial charge in [-0.15, -0.1) is 10.2 Å². The van der Waals surface area contributed by atoms with E-state index in [0.717, 1.165) is 17.1 Å². The van der Waals surface area contributed by atoms with Crippen LogP contribution in [0.25, 0.3) is 17.1 Å². The van der Waals surface area contributed by atoms with E-state index in [9.17, 15) is 4.79 Å². The quantitative estimate of drug-likeness (QED) is 0.461. The van der Waals surface area contributed by atoms with Crippen LogP contribution >= 0.6 is 11.8 Å². The third-order valence-electron chi connectivity index (χ3n) is 4.64. The van der Waals surface area contributed by atoms with E-state index in [1.165, 1.54) is 22.9 Å². The van der Waals surface area contributed by atoms with Gasteiger partial charge in [0.2, 0.25) is 11.8 Å². The van der Waals surface area contributed by atoms with Crippen molar-refractivity contribution in [2.24, 2.45) is 0 Å². The summed E-state index contributed by atoms with van der Waals surface area (Å²) in [6, 6.07) is 17.8. The smallest absolute Gasteiger partial charge is 0.237 e. The van der Waals surface area contributed by atoms with E-state index < -0.39 is 0 Å². The van der Waals surface area contributed by atoms with Crippen molar-refractivity contribution in [1.82, 2.24) is 19.9 Å². The summed E-state index contributed by atoms with van der Waals surface area (Å²) in [6.07, 6.45) is 0. The number of thioether (sulfide) groups is 1. The zero-order chi connectivity index (χ0) is 21.1. The van der Waals surface area contributed by atoms with Crippen LogP contribution in [0.2, 0.25) is 0 Å². The largest absolute Gasteiger partial charge is 0.338 e. The van der Waals surface area contributed by atoms with Crippen molar-refractivity contribution >= 4 is 23.6 Å². The van der Waals surface area contributed by atoms with Gasteiger partial charge in [-0.05, 0) is 44.0 Å². The van der Waals surface area contributed by atoms with Crippen LogP contribution in [0.1, 0.15) is 16.8 Å². The Morgan fingerprint density at radius 1 is 1.03 bits per heavy atom. The molecule has 0 spiro atoms. The molecule has 2 heterocycles. The number of rotatable bonds is 6. The third kappa shape index (κ3) is 4.28. The number of aryl methyl sites for hydroxylation is 3. The number of aromatic nitrogens is 4. The topological polar surface area (TPSA) is 85.8 Å². The van der Waals surface area contributed by atoms with Crippen molar-refractivity contribution in [3.8, 4) is 17.1 Å². The fourth-order valence-electron chi connectivity index (χ4n) is 2.96. The van der Waals surface area contributed by atoms with Crippen LogP contribution in [-0.2, 0) is 4.79 Å². The lowest BCUT2D eigenvalue weighted by Crippen LogP contribution is -2.14. The van der Waals surface area contributed by atoms with Crippen molar-refractivity contribution in [2.75, 3.05) is 11.1 Å². The summed E-state index contributed by atoms with van der Waals surface area (Å²) < 4.78 is 7.03. The predicted molar refractivity (Wildman–Crippen MR) is 117 cm³/mol. The fraction of sp³-hybridized carbons (Fsp3) is 0.182. The molecule has 7 nitrogen and oxygen atoms in total. The number of carbonyl (C=O) groups is 1. The normalized spacial score (nSPS) is 10.9. The highest BCUT2D eigenvalue weighted by molar-refractivity contribution is 7.99. The van der Waals surface area contributed by atoms with Gasteiger partial charge in [-0.3, -0.25) is 14.7 Å². The molecule has 4 rings (SSSR count). The van der Waals surface area contributed by atoms with Crippen LogP contribution in [0.15, 0.2) is 64.3 Å². The summed E-state index contributed by atoms with van der Waals surface area (Å²) in [4.78, 5) is 12.3. The maximum absolute atomic E-state index is 12.3. The van der Waals surface area contributed by atoms with Gasteiger partial charge in [-0.1, -0.05) is 53.3 Å². The van der Waals surface area contributed by atoms with E-state index in [2.05, 4.69) is 46.7 Å². The van der Waals surface area contributed by atoms with E-state index in [0.29, 0.717) is 16.7 Å². The van der Waals surface area contributed by atoms with Crippen molar-refractivity contribution in [1.29, 1.82) is 0 Å². The summed E-state index contributed by atoms with van der Waals surface area (Å²) in [5, 5.41) is 15.9. The molecule has 0 fully saturated rings. The Morgan fingerprint density at radius 2 is 1.83 bits per heavy atom. The second-order valence-electron chi connectivity index (χ2n) is 6.95. The molecule has 0 aliphatic carbocycles. The Kier molecular flexibility index (Phi) is 5.67. The molecule has 2 aromatic heterocycles. The first-order chi connectivity index (χ1) is 14.5. The summed E-state index contributed by atoms with van der Waals surface area (Å²) in [5.74, 6) is 1.02. The van der Waals surface area contributed by atoms with Gasteiger partial charge in [0.25, 0.3) is 0 Å². The van der Waals surface area contributed by atoms with Gasteiger partial charge in [-0.25, -0.2) is 0 Å². The Morgan fingerprint density at radius 3 is 2.53 bits per heavy atom. The monoisotopic (exact) mass is 419 g/mol. The molecule has 2 aromatic carbocycles. The highest BCUT2D eigenvalue weighted by Gasteiger charge is 2.18. The second kappa shape index (κ2) is 8.54. The lowest BCUT2D eigenvalue weighted by molar-refractivity contribution is -0.113. The maximum atomic E-state index is 12.3. The predicted octanol–water partition coefficient (Wildman–Crippen LogP) is 4.58. The first kappa shape index (κ1) is 19.9. The average molecular weight is 420 g/mol. The van der Waals surface area contributed by atoms with Crippen LogP contribution in [0, 0.1) is 20.8 Å². The highest BCUT2D eigenvalue weighted by Crippen LogP contribution is 2.29. The zero-order valence-electron chi connectivity index (χ0n) is 16.9. The zero-order valence-corrected chi connectivity index (χ0v) is 17.7. The van der Waals surface area contributed by atoms with Gasteiger partial charge >= 0.3 is 0 Å². The SMILES string of the molecule is Cc1cc(NC(=O)CSc2nnc(-c3ccccc3)n2-c2ccc(C)c(C)c2)on1. The minimum absolute atomic E-state index is 0.164. The summed E-state index contributed by atoms with van der Waals surface area (Å²) in [7, 11) is 0. The standard InChI is InChI=1S/C22H21N5O2S/c1-14-9-10-18(11-15(14)2)27-21(17-7-5-4-6-8-17)24-25-22(27)30-13-19(28)23-20-12-16(3)26-29-20/h4-12H,13H2,1-3H3,(H,23,28). The number of nitrogens with one attached hydrogen (secondary N) is 1. The van der Waals surface area contributed by atoms with E-state index in [1.54, 1.807) is 13.0 Å². The number of nitrogens with zero attached hydrogens (tertiary/aromatic N) is 4. The number of benzene rings is 2. The Hall–Kier alpha value is -3.39. The van der Waals surface area contributed by atoms with Crippen LogP contribution in [0.4, 0.5) is 5.88 Å². The Bertz CT molecular complexity index is 1180. The van der Waals surface area contributed by atoms with Crippen LogP contribution < -0.4 is 5.32 Å². The number of hydrogen-bond donors (Lipinski definition) is 1. The molecule has 8 heteroatoms. The van der Waals surface area contributed by atoms with Crippen molar-refractivity contribution in [2.45, 2.75) is 25.9 Å². The van der Waals surface area contributed by atoms with Crippen molar-refractivity contribution < 1.29 is 9.32 Å². The molecule has 152 valence electrons. The summed E-state index contributed by atoms with van der Waals surface area (Å²) in [6.45, 7) is 5.95. The van der Waals surface area contributed by atoms with Gasteiger partial charge in [0.15, 0.2) is 11.0 Å². The highest BCUT2D eigenvalue weighted by atomic mass is 32.2. The van der Waals surface area contributed by atoms with Gasteiger partial charge < -0.3 is 4.52 Å². The molecule has 30 heavy (non-hydrogen) atoms. The van der Waals surface area contributed by atoms with Gasteiger partial charge in [-0.2, -0.15) is 0 Å². The van der Waals surface area contributed by atoms with Crippen LogP contribution in [-0.4, -0.2) is 31.6 Å². The molecule has 0 bridgehead atoms. The molecule has 0 aliphatic heterocycles. The molecule has 0 aliphatic rings. The molecular formula is C22H21N5O2S. The van der Waals surface area contributed by atoms with E-state index in [-0.39, 0.29) is 11.7 Å². The molecule has 0 saturated carbocycles. The Labute approximate surface area is 178 Å². The first-order valence-corrected chi connectivity index (χ1v) is 10.4. The Balaban J connectivity index is 1.63. The first-order valence-electron chi connectivity index (χ1n) is 9.45.